The molecule has 0 bridgehead atoms. The molecule has 0 fully saturated rings. The molecule has 0 aliphatic rings. The molecule has 1 aromatic carbocycles. The summed E-state index contributed by atoms with van der Waals surface area (Å²) < 4.78 is 9.37. The third kappa shape index (κ3) is 1.41. The Labute approximate surface area is 89.8 Å². The molecule has 0 spiro atoms. The van der Waals surface area contributed by atoms with Gasteiger partial charge in [-0.2, -0.15) is 4.37 Å². The molecule has 0 aliphatic heterocycles. The summed E-state index contributed by atoms with van der Waals surface area (Å²) in [6.45, 7) is 1.84. The SMILES string of the molecule is Cc1nc2cc(-c3ncns3)ccc2o1. The van der Waals surface area contributed by atoms with Gasteiger partial charge < -0.3 is 4.42 Å². The van der Waals surface area contributed by atoms with E-state index in [1.807, 2.05) is 25.1 Å². The fourth-order valence-electron chi connectivity index (χ4n) is 1.48. The van der Waals surface area contributed by atoms with Gasteiger partial charge in [0.1, 0.15) is 16.9 Å². The van der Waals surface area contributed by atoms with Gasteiger partial charge in [0.2, 0.25) is 0 Å². The molecule has 0 aliphatic carbocycles. The van der Waals surface area contributed by atoms with Gasteiger partial charge in [0.15, 0.2) is 11.5 Å². The lowest BCUT2D eigenvalue weighted by Gasteiger charge is -1.93. The normalized spacial score (nSPS) is 11.0. The van der Waals surface area contributed by atoms with Crippen LogP contribution in [0, 0.1) is 6.92 Å². The number of benzene rings is 1. The van der Waals surface area contributed by atoms with Crippen molar-refractivity contribution in [2.24, 2.45) is 0 Å². The lowest BCUT2D eigenvalue weighted by atomic mass is 10.2. The summed E-state index contributed by atoms with van der Waals surface area (Å²) in [7, 11) is 0. The quantitative estimate of drug-likeness (QED) is 0.628. The number of hydrogen-bond acceptors (Lipinski definition) is 5. The molecule has 74 valence electrons. The van der Waals surface area contributed by atoms with Gasteiger partial charge in [-0.1, -0.05) is 0 Å². The summed E-state index contributed by atoms with van der Waals surface area (Å²) in [6, 6.07) is 5.84. The first-order chi connectivity index (χ1) is 7.33. The first-order valence-electron chi connectivity index (χ1n) is 4.47. The van der Waals surface area contributed by atoms with E-state index in [1.165, 1.54) is 11.5 Å². The van der Waals surface area contributed by atoms with Crippen molar-refractivity contribution in [1.82, 2.24) is 14.3 Å². The van der Waals surface area contributed by atoms with Crippen molar-refractivity contribution >= 4 is 22.6 Å². The molecule has 0 saturated carbocycles. The lowest BCUT2D eigenvalue weighted by molar-refractivity contribution is 0.561. The largest absolute Gasteiger partial charge is 0.441 e. The van der Waals surface area contributed by atoms with Crippen LogP contribution < -0.4 is 0 Å². The Morgan fingerprint density at radius 1 is 1.33 bits per heavy atom. The zero-order valence-electron chi connectivity index (χ0n) is 7.97. The highest BCUT2D eigenvalue weighted by Gasteiger charge is 2.06. The van der Waals surface area contributed by atoms with Crippen LogP contribution in [0.2, 0.25) is 0 Å². The van der Waals surface area contributed by atoms with Crippen LogP contribution in [0.15, 0.2) is 28.9 Å². The van der Waals surface area contributed by atoms with Crippen LogP contribution in [0.1, 0.15) is 5.89 Å². The van der Waals surface area contributed by atoms with Crippen molar-refractivity contribution in [2.45, 2.75) is 6.92 Å². The van der Waals surface area contributed by atoms with E-state index in [0.29, 0.717) is 5.89 Å². The fraction of sp³-hybridized carbons (Fsp3) is 0.100. The Morgan fingerprint density at radius 3 is 3.07 bits per heavy atom. The van der Waals surface area contributed by atoms with Crippen molar-refractivity contribution in [3.8, 4) is 10.6 Å². The smallest absolute Gasteiger partial charge is 0.192 e. The Bertz CT molecular complexity index is 600. The van der Waals surface area contributed by atoms with Gasteiger partial charge in [0, 0.05) is 12.5 Å². The number of oxazole rings is 1. The van der Waals surface area contributed by atoms with Crippen LogP contribution in [0.4, 0.5) is 0 Å². The molecule has 5 heteroatoms. The average Bonchev–Trinajstić information content (AvgIpc) is 2.82. The van der Waals surface area contributed by atoms with Gasteiger partial charge in [-0.3, -0.25) is 0 Å². The van der Waals surface area contributed by atoms with Gasteiger partial charge in [0.25, 0.3) is 0 Å². The van der Waals surface area contributed by atoms with E-state index in [-0.39, 0.29) is 0 Å². The summed E-state index contributed by atoms with van der Waals surface area (Å²) in [5, 5.41) is 0.901. The third-order valence-corrected chi connectivity index (χ3v) is 2.82. The third-order valence-electron chi connectivity index (χ3n) is 2.10. The van der Waals surface area contributed by atoms with E-state index in [0.717, 1.165) is 21.7 Å². The van der Waals surface area contributed by atoms with Crippen LogP contribution in [-0.4, -0.2) is 14.3 Å². The van der Waals surface area contributed by atoms with Gasteiger partial charge >= 0.3 is 0 Å². The van der Waals surface area contributed by atoms with Crippen LogP contribution >= 0.6 is 11.5 Å². The zero-order chi connectivity index (χ0) is 10.3. The second-order valence-electron chi connectivity index (χ2n) is 3.16. The monoisotopic (exact) mass is 217 g/mol. The van der Waals surface area contributed by atoms with Gasteiger partial charge in [-0.05, 0) is 29.7 Å². The Hall–Kier alpha value is -1.75. The van der Waals surface area contributed by atoms with Crippen LogP contribution in [0.3, 0.4) is 0 Å². The maximum Gasteiger partial charge on any atom is 0.192 e. The number of rotatable bonds is 1. The molecule has 15 heavy (non-hydrogen) atoms. The Kier molecular flexibility index (Phi) is 1.78. The first-order valence-corrected chi connectivity index (χ1v) is 5.24. The first kappa shape index (κ1) is 8.55. The number of hydrogen-bond donors (Lipinski definition) is 0. The molecule has 3 rings (SSSR count). The van der Waals surface area contributed by atoms with Crippen molar-refractivity contribution in [1.29, 1.82) is 0 Å². The average molecular weight is 217 g/mol. The van der Waals surface area contributed by atoms with E-state index < -0.39 is 0 Å². The Morgan fingerprint density at radius 2 is 2.27 bits per heavy atom. The highest BCUT2D eigenvalue weighted by molar-refractivity contribution is 7.09. The minimum atomic E-state index is 0.680. The second kappa shape index (κ2) is 3.13. The van der Waals surface area contributed by atoms with Gasteiger partial charge in [0.05, 0.1) is 0 Å². The highest BCUT2D eigenvalue weighted by atomic mass is 32.1. The maximum atomic E-state index is 5.40. The van der Waals surface area contributed by atoms with Crippen LogP contribution in [0.25, 0.3) is 21.7 Å². The van der Waals surface area contributed by atoms with Crippen molar-refractivity contribution in [3.63, 3.8) is 0 Å². The summed E-state index contributed by atoms with van der Waals surface area (Å²) in [5.74, 6) is 0.680. The number of fused-ring (bicyclic) bond motifs is 1. The predicted molar refractivity (Wildman–Crippen MR) is 57.6 cm³/mol. The van der Waals surface area contributed by atoms with Crippen LogP contribution in [-0.2, 0) is 0 Å². The summed E-state index contributed by atoms with van der Waals surface area (Å²) in [5.41, 5.74) is 2.69. The van der Waals surface area contributed by atoms with E-state index in [2.05, 4.69) is 14.3 Å². The topological polar surface area (TPSA) is 51.8 Å². The molecule has 0 N–H and O–H groups in total. The minimum Gasteiger partial charge on any atom is -0.441 e. The van der Waals surface area contributed by atoms with E-state index in [1.54, 1.807) is 6.33 Å². The summed E-state index contributed by atoms with van der Waals surface area (Å²) in [6.07, 6.45) is 1.55. The number of aryl methyl sites for hydroxylation is 1. The van der Waals surface area contributed by atoms with Gasteiger partial charge in [-0.15, -0.1) is 0 Å². The van der Waals surface area contributed by atoms with E-state index in [4.69, 9.17) is 4.42 Å². The summed E-state index contributed by atoms with van der Waals surface area (Å²) >= 11 is 1.37. The van der Waals surface area contributed by atoms with E-state index >= 15 is 0 Å². The summed E-state index contributed by atoms with van der Waals surface area (Å²) in [4.78, 5) is 8.42. The fourth-order valence-corrected chi connectivity index (χ4v) is 2.00. The molecule has 0 amide bonds. The highest BCUT2D eigenvalue weighted by Crippen LogP contribution is 2.24. The molecule has 4 nitrogen and oxygen atoms in total. The standard InChI is InChI=1S/C10H7N3OS/c1-6-13-8-4-7(2-3-9(8)14-6)10-11-5-12-15-10/h2-5H,1H3. The van der Waals surface area contributed by atoms with Crippen LogP contribution in [0.5, 0.6) is 0 Å². The molecule has 2 aromatic heterocycles. The van der Waals surface area contributed by atoms with Gasteiger partial charge in [-0.25, -0.2) is 9.97 Å². The molecule has 0 saturated heterocycles. The van der Waals surface area contributed by atoms with Crippen molar-refractivity contribution < 1.29 is 4.42 Å². The zero-order valence-corrected chi connectivity index (χ0v) is 8.78. The molecular weight excluding hydrogens is 210 g/mol. The van der Waals surface area contributed by atoms with Crippen molar-refractivity contribution in [3.05, 3.63) is 30.4 Å². The van der Waals surface area contributed by atoms with E-state index in [9.17, 15) is 0 Å². The number of nitrogens with zero attached hydrogens (tertiary/aromatic N) is 3. The molecule has 0 atom stereocenters. The maximum absolute atomic E-state index is 5.40. The molecule has 2 heterocycles. The lowest BCUT2D eigenvalue weighted by Crippen LogP contribution is -1.75. The second-order valence-corrected chi connectivity index (χ2v) is 3.94. The number of aromatic nitrogens is 3. The molecule has 3 aromatic rings. The molecular formula is C10H7N3OS. The predicted octanol–water partition coefficient (Wildman–Crippen LogP) is 2.65. The molecule has 0 radical (unpaired) electrons. The Balaban J connectivity index is 2.21. The van der Waals surface area contributed by atoms with Crippen molar-refractivity contribution in [2.75, 3.05) is 0 Å². The molecule has 0 unspecified atom stereocenters. The minimum absolute atomic E-state index is 0.680.